The maximum atomic E-state index is 12.7. The molecule has 1 saturated heterocycles. The van der Waals surface area contributed by atoms with Crippen LogP contribution in [0.25, 0.3) is 0 Å². The van der Waals surface area contributed by atoms with Crippen LogP contribution in [0, 0.1) is 0 Å². The number of nitrogen functional groups attached to an aromatic ring is 1. The van der Waals surface area contributed by atoms with E-state index in [1.165, 1.54) is 0 Å². The standard InChI is InChI=1S/C15H18N4O/c1-18-10-12(16)8-14(18)15(20)19-7-3-5-13(19)11-4-2-6-17-9-11/h2,4,6,8-10,13H,3,5,7,16H2,1H3. The number of aromatic nitrogens is 2. The molecule has 1 amide bonds. The quantitative estimate of drug-likeness (QED) is 0.907. The number of aryl methyl sites for hydroxylation is 1. The minimum Gasteiger partial charge on any atom is -0.397 e. The van der Waals surface area contributed by atoms with E-state index in [2.05, 4.69) is 4.98 Å². The number of likely N-dealkylation sites (tertiary alicyclic amines) is 1. The number of nitrogens with zero attached hydrogens (tertiary/aromatic N) is 3. The fourth-order valence-corrected chi connectivity index (χ4v) is 2.88. The number of pyridine rings is 1. The molecule has 0 bridgehead atoms. The highest BCUT2D eigenvalue weighted by atomic mass is 16.2. The Balaban J connectivity index is 1.89. The second-order valence-electron chi connectivity index (χ2n) is 5.21. The van der Waals surface area contributed by atoms with Crippen molar-refractivity contribution in [2.24, 2.45) is 7.05 Å². The highest BCUT2D eigenvalue weighted by Gasteiger charge is 2.31. The number of nitrogens with two attached hydrogens (primary N) is 1. The van der Waals surface area contributed by atoms with E-state index in [1.807, 2.05) is 30.3 Å². The van der Waals surface area contributed by atoms with Gasteiger partial charge in [-0.2, -0.15) is 0 Å². The summed E-state index contributed by atoms with van der Waals surface area (Å²) < 4.78 is 1.79. The molecule has 1 atom stereocenters. The van der Waals surface area contributed by atoms with Crippen LogP contribution in [0.4, 0.5) is 5.69 Å². The van der Waals surface area contributed by atoms with Crippen molar-refractivity contribution >= 4 is 11.6 Å². The van der Waals surface area contributed by atoms with Crippen LogP contribution >= 0.6 is 0 Å². The molecule has 0 aliphatic carbocycles. The van der Waals surface area contributed by atoms with E-state index in [0.29, 0.717) is 11.4 Å². The number of hydrogen-bond acceptors (Lipinski definition) is 3. The molecule has 0 spiro atoms. The molecule has 0 radical (unpaired) electrons. The molecular formula is C15H18N4O. The lowest BCUT2D eigenvalue weighted by Gasteiger charge is -2.25. The maximum Gasteiger partial charge on any atom is 0.271 e. The number of rotatable bonds is 2. The van der Waals surface area contributed by atoms with Gasteiger partial charge in [-0.25, -0.2) is 0 Å². The minimum atomic E-state index is 0.0375. The number of hydrogen-bond donors (Lipinski definition) is 1. The van der Waals surface area contributed by atoms with Crippen molar-refractivity contribution in [3.8, 4) is 0 Å². The summed E-state index contributed by atoms with van der Waals surface area (Å²) in [6.45, 7) is 0.781. The Hall–Kier alpha value is -2.30. The molecule has 0 saturated carbocycles. The van der Waals surface area contributed by atoms with Crippen LogP contribution in [0.2, 0.25) is 0 Å². The molecule has 3 heterocycles. The van der Waals surface area contributed by atoms with Gasteiger partial charge in [0.05, 0.1) is 11.7 Å². The van der Waals surface area contributed by atoms with Gasteiger partial charge in [0, 0.05) is 32.2 Å². The van der Waals surface area contributed by atoms with Crippen LogP contribution in [0.3, 0.4) is 0 Å². The molecule has 1 aliphatic heterocycles. The molecule has 5 nitrogen and oxygen atoms in total. The Morgan fingerprint density at radius 3 is 3.00 bits per heavy atom. The van der Waals surface area contributed by atoms with Crippen molar-refractivity contribution in [2.45, 2.75) is 18.9 Å². The average molecular weight is 270 g/mol. The van der Waals surface area contributed by atoms with Gasteiger partial charge in [-0.15, -0.1) is 0 Å². The van der Waals surface area contributed by atoms with Crippen LogP contribution < -0.4 is 5.73 Å². The first-order chi connectivity index (χ1) is 9.66. The van der Waals surface area contributed by atoms with Crippen molar-refractivity contribution in [3.05, 3.63) is 48.0 Å². The molecule has 0 aromatic carbocycles. The molecular weight excluding hydrogens is 252 g/mol. The van der Waals surface area contributed by atoms with Crippen LogP contribution in [0.5, 0.6) is 0 Å². The topological polar surface area (TPSA) is 64.2 Å². The molecule has 2 N–H and O–H groups in total. The number of carbonyl (C=O) groups is 1. The summed E-state index contributed by atoms with van der Waals surface area (Å²) in [5, 5.41) is 0. The average Bonchev–Trinajstić information content (AvgIpc) is 3.05. The Morgan fingerprint density at radius 1 is 1.50 bits per heavy atom. The van der Waals surface area contributed by atoms with Gasteiger partial charge < -0.3 is 15.2 Å². The highest BCUT2D eigenvalue weighted by Crippen LogP contribution is 2.32. The third-order valence-electron chi connectivity index (χ3n) is 3.83. The maximum absolute atomic E-state index is 12.7. The molecule has 1 fully saturated rings. The predicted molar refractivity (Wildman–Crippen MR) is 77.1 cm³/mol. The molecule has 1 unspecified atom stereocenters. The van der Waals surface area contributed by atoms with Crippen LogP contribution in [0.15, 0.2) is 36.8 Å². The Kier molecular flexibility index (Phi) is 3.18. The molecule has 20 heavy (non-hydrogen) atoms. The lowest BCUT2D eigenvalue weighted by atomic mass is 10.1. The van der Waals surface area contributed by atoms with E-state index in [1.54, 1.807) is 23.0 Å². The summed E-state index contributed by atoms with van der Waals surface area (Å²) in [5.74, 6) is 0.0375. The number of amides is 1. The highest BCUT2D eigenvalue weighted by molar-refractivity contribution is 5.94. The largest absolute Gasteiger partial charge is 0.397 e. The van der Waals surface area contributed by atoms with Gasteiger partial charge in [0.1, 0.15) is 5.69 Å². The second-order valence-corrected chi connectivity index (χ2v) is 5.21. The first-order valence-electron chi connectivity index (χ1n) is 6.79. The Labute approximate surface area is 118 Å². The zero-order valence-electron chi connectivity index (χ0n) is 11.5. The summed E-state index contributed by atoms with van der Waals surface area (Å²) in [4.78, 5) is 18.8. The predicted octanol–water partition coefficient (Wildman–Crippen LogP) is 1.98. The monoisotopic (exact) mass is 270 g/mol. The number of anilines is 1. The van der Waals surface area contributed by atoms with Gasteiger partial charge in [0.15, 0.2) is 0 Å². The van der Waals surface area contributed by atoms with E-state index < -0.39 is 0 Å². The van der Waals surface area contributed by atoms with Crippen molar-refractivity contribution in [3.63, 3.8) is 0 Å². The van der Waals surface area contributed by atoms with E-state index in [9.17, 15) is 4.79 Å². The van der Waals surface area contributed by atoms with E-state index >= 15 is 0 Å². The van der Waals surface area contributed by atoms with Crippen molar-refractivity contribution in [1.82, 2.24) is 14.5 Å². The first kappa shape index (κ1) is 12.7. The molecule has 5 heteroatoms. The summed E-state index contributed by atoms with van der Waals surface area (Å²) >= 11 is 0. The third kappa shape index (κ3) is 2.15. The lowest BCUT2D eigenvalue weighted by molar-refractivity contribution is 0.0726. The molecule has 1 aliphatic rings. The fourth-order valence-electron chi connectivity index (χ4n) is 2.88. The summed E-state index contributed by atoms with van der Waals surface area (Å²) in [5.41, 5.74) is 8.11. The van der Waals surface area contributed by atoms with E-state index in [0.717, 1.165) is 24.9 Å². The molecule has 2 aromatic heterocycles. The lowest BCUT2D eigenvalue weighted by Crippen LogP contribution is -2.31. The van der Waals surface area contributed by atoms with Gasteiger partial charge in [-0.3, -0.25) is 9.78 Å². The molecule has 3 rings (SSSR count). The summed E-state index contributed by atoms with van der Waals surface area (Å²) in [7, 11) is 1.85. The minimum absolute atomic E-state index is 0.0375. The second kappa shape index (κ2) is 5.00. The van der Waals surface area contributed by atoms with Crippen LogP contribution in [-0.4, -0.2) is 26.9 Å². The van der Waals surface area contributed by atoms with Crippen molar-refractivity contribution in [1.29, 1.82) is 0 Å². The summed E-state index contributed by atoms with van der Waals surface area (Å²) in [6, 6.07) is 5.80. The van der Waals surface area contributed by atoms with Crippen molar-refractivity contribution in [2.75, 3.05) is 12.3 Å². The molecule has 2 aromatic rings. The first-order valence-corrected chi connectivity index (χ1v) is 6.79. The van der Waals surface area contributed by atoms with Gasteiger partial charge in [-0.05, 0) is 30.5 Å². The van der Waals surface area contributed by atoms with E-state index in [4.69, 9.17) is 5.73 Å². The van der Waals surface area contributed by atoms with Gasteiger partial charge in [0.25, 0.3) is 5.91 Å². The zero-order valence-corrected chi connectivity index (χ0v) is 11.5. The third-order valence-corrected chi connectivity index (χ3v) is 3.83. The van der Waals surface area contributed by atoms with Gasteiger partial charge in [-0.1, -0.05) is 6.07 Å². The smallest absolute Gasteiger partial charge is 0.271 e. The van der Waals surface area contributed by atoms with Gasteiger partial charge in [0.2, 0.25) is 0 Å². The van der Waals surface area contributed by atoms with Crippen molar-refractivity contribution < 1.29 is 4.79 Å². The zero-order chi connectivity index (χ0) is 14.1. The van der Waals surface area contributed by atoms with E-state index in [-0.39, 0.29) is 11.9 Å². The summed E-state index contributed by atoms with van der Waals surface area (Å²) in [6.07, 6.45) is 7.36. The van der Waals surface area contributed by atoms with Gasteiger partial charge >= 0.3 is 0 Å². The molecule has 104 valence electrons. The normalized spacial score (nSPS) is 18.4. The Morgan fingerprint density at radius 2 is 2.35 bits per heavy atom. The van der Waals surface area contributed by atoms with Crippen LogP contribution in [0.1, 0.15) is 34.9 Å². The number of carbonyl (C=O) groups excluding carboxylic acids is 1. The Bertz CT molecular complexity index is 620. The fraction of sp³-hybridized carbons (Fsp3) is 0.333. The van der Waals surface area contributed by atoms with Crippen LogP contribution in [-0.2, 0) is 7.05 Å². The SMILES string of the molecule is Cn1cc(N)cc1C(=O)N1CCCC1c1cccnc1.